The predicted molar refractivity (Wildman–Crippen MR) is 59.6 cm³/mol. The monoisotopic (exact) mass is 208 g/mol. The van der Waals surface area contributed by atoms with E-state index in [2.05, 4.69) is 21.7 Å². The lowest BCUT2D eigenvalue weighted by molar-refractivity contribution is 0.474. The quantitative estimate of drug-likeness (QED) is 0.821. The molecule has 4 heteroatoms. The molecular weight excluding hydrogens is 188 g/mol. The molecule has 0 spiro atoms. The molecule has 0 bridgehead atoms. The van der Waals surface area contributed by atoms with E-state index in [1.807, 2.05) is 6.33 Å². The van der Waals surface area contributed by atoms with Gasteiger partial charge in [-0.05, 0) is 25.8 Å². The van der Waals surface area contributed by atoms with E-state index in [-0.39, 0.29) is 0 Å². The van der Waals surface area contributed by atoms with Gasteiger partial charge in [-0.25, -0.2) is 0 Å². The van der Waals surface area contributed by atoms with E-state index in [0.717, 1.165) is 18.8 Å². The second-order valence-electron chi connectivity index (χ2n) is 4.51. The van der Waals surface area contributed by atoms with Crippen molar-refractivity contribution in [3.8, 4) is 0 Å². The lowest BCUT2D eigenvalue weighted by Gasteiger charge is -2.17. The smallest absolute Gasteiger partial charge is 0.135 e. The molecule has 1 heterocycles. The number of rotatable bonds is 4. The molecule has 2 rings (SSSR count). The Balaban J connectivity index is 2.13. The molecular formula is C11H20N4. The van der Waals surface area contributed by atoms with Gasteiger partial charge in [-0.3, -0.25) is 0 Å². The van der Waals surface area contributed by atoms with E-state index in [1.165, 1.54) is 25.7 Å². The summed E-state index contributed by atoms with van der Waals surface area (Å²) < 4.78 is 2.27. The SMILES string of the molecule is CC(CCN)c1nncn1C1CCCC1. The number of hydrogen-bond donors (Lipinski definition) is 1. The second-order valence-corrected chi connectivity index (χ2v) is 4.51. The maximum absolute atomic E-state index is 5.58. The highest BCUT2D eigenvalue weighted by molar-refractivity contribution is 4.97. The molecule has 1 aromatic rings. The molecule has 4 nitrogen and oxygen atoms in total. The van der Waals surface area contributed by atoms with Crippen molar-refractivity contribution in [1.29, 1.82) is 0 Å². The molecule has 1 aromatic heterocycles. The van der Waals surface area contributed by atoms with Crippen LogP contribution < -0.4 is 5.73 Å². The van der Waals surface area contributed by atoms with Gasteiger partial charge < -0.3 is 10.3 Å². The van der Waals surface area contributed by atoms with Gasteiger partial charge in [0, 0.05) is 12.0 Å². The first-order valence-corrected chi connectivity index (χ1v) is 5.92. The Labute approximate surface area is 90.9 Å². The Bertz CT molecular complexity index is 301. The summed E-state index contributed by atoms with van der Waals surface area (Å²) in [4.78, 5) is 0. The first kappa shape index (κ1) is 10.6. The molecule has 0 amide bonds. The molecule has 0 saturated heterocycles. The first-order chi connectivity index (χ1) is 7.33. The van der Waals surface area contributed by atoms with E-state index in [1.54, 1.807) is 0 Å². The van der Waals surface area contributed by atoms with Crippen LogP contribution in [0.3, 0.4) is 0 Å². The van der Waals surface area contributed by atoms with Crippen molar-refractivity contribution in [2.75, 3.05) is 6.54 Å². The van der Waals surface area contributed by atoms with Gasteiger partial charge >= 0.3 is 0 Å². The molecule has 0 radical (unpaired) electrons. The Morgan fingerprint density at radius 1 is 1.53 bits per heavy atom. The summed E-state index contributed by atoms with van der Waals surface area (Å²) in [6.07, 6.45) is 8.12. The standard InChI is InChI=1S/C11H20N4/c1-9(6-7-12)11-14-13-8-15(11)10-4-2-3-5-10/h8-10H,2-7,12H2,1H3. The van der Waals surface area contributed by atoms with Crippen LogP contribution in [0.25, 0.3) is 0 Å². The van der Waals surface area contributed by atoms with Crippen LogP contribution in [0.5, 0.6) is 0 Å². The summed E-state index contributed by atoms with van der Waals surface area (Å²) in [5.41, 5.74) is 5.58. The molecule has 1 unspecified atom stereocenters. The highest BCUT2D eigenvalue weighted by Crippen LogP contribution is 2.31. The van der Waals surface area contributed by atoms with E-state index in [4.69, 9.17) is 5.73 Å². The molecule has 1 fully saturated rings. The number of nitrogens with two attached hydrogens (primary N) is 1. The van der Waals surface area contributed by atoms with Crippen molar-refractivity contribution < 1.29 is 0 Å². The minimum absolute atomic E-state index is 0.429. The molecule has 1 atom stereocenters. The summed E-state index contributed by atoms with van der Waals surface area (Å²) in [5.74, 6) is 1.55. The third-order valence-electron chi connectivity index (χ3n) is 3.36. The largest absolute Gasteiger partial charge is 0.330 e. The van der Waals surface area contributed by atoms with Crippen molar-refractivity contribution in [3.63, 3.8) is 0 Å². The van der Waals surface area contributed by atoms with Gasteiger partial charge in [0.25, 0.3) is 0 Å². The van der Waals surface area contributed by atoms with Crippen molar-refractivity contribution in [3.05, 3.63) is 12.2 Å². The zero-order valence-corrected chi connectivity index (χ0v) is 9.39. The third kappa shape index (κ3) is 2.20. The zero-order valence-electron chi connectivity index (χ0n) is 9.39. The van der Waals surface area contributed by atoms with Crippen molar-refractivity contribution in [2.24, 2.45) is 5.73 Å². The number of aromatic nitrogens is 3. The highest BCUT2D eigenvalue weighted by atomic mass is 15.3. The lowest BCUT2D eigenvalue weighted by atomic mass is 10.1. The topological polar surface area (TPSA) is 56.7 Å². The average molecular weight is 208 g/mol. The van der Waals surface area contributed by atoms with Gasteiger partial charge in [0.1, 0.15) is 12.2 Å². The fraction of sp³-hybridized carbons (Fsp3) is 0.818. The molecule has 84 valence electrons. The van der Waals surface area contributed by atoms with Gasteiger partial charge in [0.2, 0.25) is 0 Å². The van der Waals surface area contributed by atoms with E-state index in [0.29, 0.717) is 12.0 Å². The van der Waals surface area contributed by atoms with Crippen molar-refractivity contribution in [2.45, 2.75) is 51.0 Å². The second kappa shape index (κ2) is 4.75. The summed E-state index contributed by atoms with van der Waals surface area (Å²) >= 11 is 0. The molecule has 1 aliphatic rings. The van der Waals surface area contributed by atoms with Crippen molar-refractivity contribution >= 4 is 0 Å². The molecule has 0 aromatic carbocycles. The van der Waals surface area contributed by atoms with Gasteiger partial charge in [-0.15, -0.1) is 10.2 Å². The molecule has 1 aliphatic carbocycles. The minimum atomic E-state index is 0.429. The average Bonchev–Trinajstić information content (AvgIpc) is 2.88. The fourth-order valence-corrected chi connectivity index (χ4v) is 2.45. The van der Waals surface area contributed by atoms with E-state index >= 15 is 0 Å². The maximum atomic E-state index is 5.58. The van der Waals surface area contributed by atoms with Crippen LogP contribution in [-0.4, -0.2) is 21.3 Å². The van der Waals surface area contributed by atoms with Crippen LogP contribution in [0.2, 0.25) is 0 Å². The number of nitrogens with zero attached hydrogens (tertiary/aromatic N) is 3. The molecule has 0 aliphatic heterocycles. The normalized spacial score (nSPS) is 19.6. The summed E-state index contributed by atoms with van der Waals surface area (Å²) in [6, 6.07) is 0.634. The van der Waals surface area contributed by atoms with Gasteiger partial charge in [0.05, 0.1) is 0 Å². The Morgan fingerprint density at radius 2 is 2.27 bits per heavy atom. The Hall–Kier alpha value is -0.900. The molecule has 15 heavy (non-hydrogen) atoms. The third-order valence-corrected chi connectivity index (χ3v) is 3.36. The van der Waals surface area contributed by atoms with Crippen LogP contribution in [0.4, 0.5) is 0 Å². The number of hydrogen-bond acceptors (Lipinski definition) is 3. The van der Waals surface area contributed by atoms with Crippen LogP contribution in [-0.2, 0) is 0 Å². The van der Waals surface area contributed by atoms with Crippen LogP contribution in [0.15, 0.2) is 6.33 Å². The van der Waals surface area contributed by atoms with E-state index in [9.17, 15) is 0 Å². The van der Waals surface area contributed by atoms with Gasteiger partial charge in [-0.2, -0.15) is 0 Å². The maximum Gasteiger partial charge on any atom is 0.135 e. The summed E-state index contributed by atoms with van der Waals surface area (Å²) in [5, 5.41) is 8.28. The highest BCUT2D eigenvalue weighted by Gasteiger charge is 2.21. The first-order valence-electron chi connectivity index (χ1n) is 5.92. The van der Waals surface area contributed by atoms with Crippen LogP contribution >= 0.6 is 0 Å². The van der Waals surface area contributed by atoms with Crippen molar-refractivity contribution in [1.82, 2.24) is 14.8 Å². The van der Waals surface area contributed by atoms with E-state index < -0.39 is 0 Å². The Morgan fingerprint density at radius 3 is 2.93 bits per heavy atom. The molecule has 2 N–H and O–H groups in total. The van der Waals surface area contributed by atoms with Gasteiger partial charge in [0.15, 0.2) is 0 Å². The van der Waals surface area contributed by atoms with Crippen LogP contribution in [0.1, 0.15) is 56.8 Å². The van der Waals surface area contributed by atoms with Crippen LogP contribution in [0, 0.1) is 0 Å². The fourth-order valence-electron chi connectivity index (χ4n) is 2.45. The Kier molecular flexibility index (Phi) is 3.36. The summed E-state index contributed by atoms with van der Waals surface area (Å²) in [7, 11) is 0. The molecule has 1 saturated carbocycles. The zero-order chi connectivity index (χ0) is 10.7. The summed E-state index contributed by atoms with van der Waals surface area (Å²) in [6.45, 7) is 2.90. The lowest BCUT2D eigenvalue weighted by Crippen LogP contribution is -2.13. The van der Waals surface area contributed by atoms with Gasteiger partial charge in [-0.1, -0.05) is 19.8 Å². The minimum Gasteiger partial charge on any atom is -0.330 e. The predicted octanol–water partition coefficient (Wildman–Crippen LogP) is 1.85.